The van der Waals surface area contributed by atoms with Crippen LogP contribution in [0.25, 0.3) is 0 Å². The van der Waals surface area contributed by atoms with Gasteiger partial charge in [-0.3, -0.25) is 4.79 Å². The summed E-state index contributed by atoms with van der Waals surface area (Å²) in [6.07, 6.45) is 0. The fraction of sp³-hybridized carbons (Fsp3) is 0.778. The van der Waals surface area contributed by atoms with Crippen molar-refractivity contribution >= 4 is 11.9 Å². The molecule has 0 unspecified atom stereocenters. The molecule has 0 aliphatic rings. The Kier molecular flexibility index (Phi) is 7.57. The molecule has 0 aliphatic heterocycles. The number of carbonyl (C=O) groups is 2. The van der Waals surface area contributed by atoms with E-state index in [1.165, 1.54) is 0 Å². The minimum absolute atomic E-state index is 0.123. The molecule has 15 heavy (non-hydrogen) atoms. The Labute approximate surface area is 89.0 Å². The van der Waals surface area contributed by atoms with Crippen molar-refractivity contribution in [2.45, 2.75) is 19.9 Å². The first kappa shape index (κ1) is 13.9. The predicted octanol–water partition coefficient (Wildman–Crippen LogP) is -0.798. The third-order valence-electron chi connectivity index (χ3n) is 1.46. The van der Waals surface area contributed by atoms with Gasteiger partial charge in [0.05, 0.1) is 13.2 Å². The largest absolute Gasteiger partial charge is 0.480 e. The molecule has 0 aromatic rings. The standard InChI is InChI=1S/C9H18N2O4/c1-7(2)11-5-8(12)10-3-4-15-6-9(13)14/h7,11H,3-6H2,1-2H3,(H,10,12)(H,13,14). The fourth-order valence-electron chi connectivity index (χ4n) is 0.781. The lowest BCUT2D eigenvalue weighted by Crippen LogP contribution is -2.38. The number of aliphatic carboxylic acids is 1. The lowest BCUT2D eigenvalue weighted by molar-refractivity contribution is -0.142. The Bertz CT molecular complexity index is 206. The molecule has 0 heterocycles. The molecule has 0 radical (unpaired) electrons. The first-order chi connectivity index (χ1) is 7.02. The van der Waals surface area contributed by atoms with Crippen LogP contribution >= 0.6 is 0 Å². The molecule has 3 N–H and O–H groups in total. The number of hydrogen-bond donors (Lipinski definition) is 3. The molecule has 0 saturated heterocycles. The molecule has 0 saturated carbocycles. The second kappa shape index (κ2) is 8.19. The molecule has 0 atom stereocenters. The van der Waals surface area contributed by atoms with Crippen molar-refractivity contribution in [3.8, 4) is 0 Å². The van der Waals surface area contributed by atoms with Crippen LogP contribution in [0, 0.1) is 0 Å². The van der Waals surface area contributed by atoms with Crippen molar-refractivity contribution in [3.05, 3.63) is 0 Å². The lowest BCUT2D eigenvalue weighted by atomic mass is 10.4. The Balaban J connectivity index is 3.28. The van der Waals surface area contributed by atoms with E-state index in [1.54, 1.807) is 0 Å². The Hall–Kier alpha value is -1.14. The molecule has 88 valence electrons. The Morgan fingerprint density at radius 1 is 1.40 bits per heavy atom. The van der Waals surface area contributed by atoms with Gasteiger partial charge in [-0.25, -0.2) is 4.79 Å². The van der Waals surface area contributed by atoms with Crippen molar-refractivity contribution in [1.29, 1.82) is 0 Å². The molecule has 1 amide bonds. The summed E-state index contributed by atoms with van der Waals surface area (Å²) in [5.41, 5.74) is 0. The molecule has 0 aromatic carbocycles. The Morgan fingerprint density at radius 3 is 2.60 bits per heavy atom. The molecule has 6 nitrogen and oxygen atoms in total. The summed E-state index contributed by atoms with van der Waals surface area (Å²) in [7, 11) is 0. The number of rotatable bonds is 8. The van der Waals surface area contributed by atoms with E-state index in [0.29, 0.717) is 6.54 Å². The van der Waals surface area contributed by atoms with Crippen LogP contribution < -0.4 is 10.6 Å². The maximum atomic E-state index is 11.1. The second-order valence-electron chi connectivity index (χ2n) is 3.33. The zero-order chi connectivity index (χ0) is 11.7. The summed E-state index contributed by atoms with van der Waals surface area (Å²) in [5.74, 6) is -1.13. The highest BCUT2D eigenvalue weighted by atomic mass is 16.5. The minimum Gasteiger partial charge on any atom is -0.480 e. The van der Waals surface area contributed by atoms with Gasteiger partial charge in [-0.15, -0.1) is 0 Å². The number of nitrogens with one attached hydrogen (secondary N) is 2. The highest BCUT2D eigenvalue weighted by Gasteiger charge is 2.01. The van der Waals surface area contributed by atoms with Crippen molar-refractivity contribution in [3.63, 3.8) is 0 Å². The minimum atomic E-state index is -1.01. The van der Waals surface area contributed by atoms with Crippen LogP contribution in [0.1, 0.15) is 13.8 Å². The van der Waals surface area contributed by atoms with Crippen LogP contribution in [0.2, 0.25) is 0 Å². The third-order valence-corrected chi connectivity index (χ3v) is 1.46. The highest BCUT2D eigenvalue weighted by Crippen LogP contribution is 1.76. The van der Waals surface area contributed by atoms with Crippen molar-refractivity contribution in [2.75, 3.05) is 26.3 Å². The summed E-state index contributed by atoms with van der Waals surface area (Å²) in [6, 6.07) is 0.263. The summed E-state index contributed by atoms with van der Waals surface area (Å²) in [4.78, 5) is 21.2. The van der Waals surface area contributed by atoms with E-state index in [4.69, 9.17) is 9.84 Å². The molecule has 0 fully saturated rings. The van der Waals surface area contributed by atoms with Crippen LogP contribution in [0.5, 0.6) is 0 Å². The summed E-state index contributed by atoms with van der Waals surface area (Å²) in [6.45, 7) is 4.36. The predicted molar refractivity (Wildman–Crippen MR) is 54.6 cm³/mol. The van der Waals surface area contributed by atoms with Crippen LogP contribution in [-0.4, -0.2) is 49.3 Å². The smallest absolute Gasteiger partial charge is 0.329 e. The molecular formula is C9H18N2O4. The number of carboxylic acids is 1. The van der Waals surface area contributed by atoms with E-state index in [0.717, 1.165) is 0 Å². The van der Waals surface area contributed by atoms with Crippen molar-refractivity contribution < 1.29 is 19.4 Å². The SMILES string of the molecule is CC(C)NCC(=O)NCCOCC(=O)O. The van der Waals surface area contributed by atoms with Gasteiger partial charge in [0, 0.05) is 12.6 Å². The molecule has 0 rings (SSSR count). The highest BCUT2D eigenvalue weighted by molar-refractivity contribution is 5.77. The van der Waals surface area contributed by atoms with Gasteiger partial charge in [-0.05, 0) is 0 Å². The van der Waals surface area contributed by atoms with E-state index >= 15 is 0 Å². The summed E-state index contributed by atoms with van der Waals surface area (Å²) in [5, 5.41) is 13.8. The van der Waals surface area contributed by atoms with E-state index in [2.05, 4.69) is 10.6 Å². The molecule has 0 aliphatic carbocycles. The van der Waals surface area contributed by atoms with Crippen LogP contribution in [0.15, 0.2) is 0 Å². The average Bonchev–Trinajstić information content (AvgIpc) is 2.13. The number of carbonyl (C=O) groups excluding carboxylic acids is 1. The van der Waals surface area contributed by atoms with Gasteiger partial charge in [0.15, 0.2) is 0 Å². The molecule has 0 spiro atoms. The van der Waals surface area contributed by atoms with Gasteiger partial charge in [-0.1, -0.05) is 13.8 Å². The quantitative estimate of drug-likeness (QED) is 0.464. The number of hydrogen-bond acceptors (Lipinski definition) is 4. The van der Waals surface area contributed by atoms with Gasteiger partial charge in [0.2, 0.25) is 5.91 Å². The van der Waals surface area contributed by atoms with Gasteiger partial charge >= 0.3 is 5.97 Å². The monoisotopic (exact) mass is 218 g/mol. The number of amides is 1. The van der Waals surface area contributed by atoms with Crippen LogP contribution in [0.4, 0.5) is 0 Å². The zero-order valence-electron chi connectivity index (χ0n) is 9.08. The molecule has 0 bridgehead atoms. The van der Waals surface area contributed by atoms with E-state index in [9.17, 15) is 9.59 Å². The van der Waals surface area contributed by atoms with E-state index in [1.807, 2.05) is 13.8 Å². The summed E-state index contributed by atoms with van der Waals surface area (Å²) >= 11 is 0. The van der Waals surface area contributed by atoms with Crippen LogP contribution in [-0.2, 0) is 14.3 Å². The van der Waals surface area contributed by atoms with E-state index < -0.39 is 5.97 Å². The third kappa shape index (κ3) is 10.8. The van der Waals surface area contributed by atoms with E-state index in [-0.39, 0.29) is 31.7 Å². The van der Waals surface area contributed by atoms with Gasteiger partial charge in [-0.2, -0.15) is 0 Å². The average molecular weight is 218 g/mol. The second-order valence-corrected chi connectivity index (χ2v) is 3.33. The summed E-state index contributed by atoms with van der Waals surface area (Å²) < 4.78 is 4.74. The van der Waals surface area contributed by atoms with Gasteiger partial charge in [0.1, 0.15) is 6.61 Å². The number of ether oxygens (including phenoxy) is 1. The van der Waals surface area contributed by atoms with Gasteiger partial charge in [0.25, 0.3) is 0 Å². The molecule has 6 heteroatoms. The first-order valence-corrected chi connectivity index (χ1v) is 4.82. The zero-order valence-corrected chi connectivity index (χ0v) is 9.08. The van der Waals surface area contributed by atoms with Crippen molar-refractivity contribution in [2.24, 2.45) is 0 Å². The molecule has 0 aromatic heterocycles. The fourth-order valence-corrected chi connectivity index (χ4v) is 0.781. The normalized spacial score (nSPS) is 10.3. The lowest BCUT2D eigenvalue weighted by Gasteiger charge is -2.08. The van der Waals surface area contributed by atoms with Gasteiger partial charge < -0.3 is 20.5 Å². The topological polar surface area (TPSA) is 87.7 Å². The maximum absolute atomic E-state index is 11.1. The molecular weight excluding hydrogens is 200 g/mol. The van der Waals surface area contributed by atoms with Crippen LogP contribution in [0.3, 0.4) is 0 Å². The maximum Gasteiger partial charge on any atom is 0.329 e. The Morgan fingerprint density at radius 2 is 2.07 bits per heavy atom. The number of carboxylic acid groups (broad SMARTS) is 1. The van der Waals surface area contributed by atoms with Crippen molar-refractivity contribution in [1.82, 2.24) is 10.6 Å². The first-order valence-electron chi connectivity index (χ1n) is 4.82.